The van der Waals surface area contributed by atoms with Gasteiger partial charge in [-0.25, -0.2) is 0 Å². The molecule has 2 aromatic carbocycles. The lowest BCUT2D eigenvalue weighted by Gasteiger charge is -2.23. The predicted molar refractivity (Wildman–Crippen MR) is 118 cm³/mol. The lowest BCUT2D eigenvalue weighted by Crippen LogP contribution is -2.20. The Labute approximate surface area is 181 Å². The van der Waals surface area contributed by atoms with Gasteiger partial charge in [0.15, 0.2) is 0 Å². The highest BCUT2D eigenvalue weighted by Gasteiger charge is 2.23. The first-order valence-corrected chi connectivity index (χ1v) is 11.2. The van der Waals surface area contributed by atoms with Gasteiger partial charge in [0.05, 0.1) is 23.9 Å². The molecule has 1 heterocycles. The van der Waals surface area contributed by atoms with E-state index in [0.29, 0.717) is 31.0 Å². The molecule has 0 saturated carbocycles. The van der Waals surface area contributed by atoms with Gasteiger partial charge in [-0.05, 0) is 35.7 Å². The van der Waals surface area contributed by atoms with Crippen LogP contribution in [0.5, 0.6) is 11.5 Å². The number of nitrogens with zero attached hydrogens (tertiary/aromatic N) is 2. The van der Waals surface area contributed by atoms with E-state index in [4.69, 9.17) is 24.9 Å². The summed E-state index contributed by atoms with van der Waals surface area (Å²) in [7, 11) is 0. The molecule has 1 atom stereocenters. The number of aromatic hydroxyl groups is 1. The highest BCUT2D eigenvalue weighted by molar-refractivity contribution is 7.99. The van der Waals surface area contributed by atoms with Gasteiger partial charge in [-0.15, -0.1) is 11.8 Å². The van der Waals surface area contributed by atoms with Crippen LogP contribution in [0, 0.1) is 0 Å². The van der Waals surface area contributed by atoms with Crippen LogP contribution in [0.4, 0.5) is 0 Å². The molecular formula is C23H30N2O4S. The van der Waals surface area contributed by atoms with Crippen molar-refractivity contribution in [2.75, 3.05) is 25.6 Å². The largest absolute Gasteiger partial charge is 0.507 e. The topological polar surface area (TPSA) is 94.6 Å². The summed E-state index contributed by atoms with van der Waals surface area (Å²) in [5.41, 5.74) is 1.32. The van der Waals surface area contributed by atoms with Crippen molar-refractivity contribution in [3.8, 4) is 11.5 Å². The van der Waals surface area contributed by atoms with Crippen molar-refractivity contribution in [1.29, 1.82) is 0 Å². The van der Waals surface area contributed by atoms with E-state index >= 15 is 0 Å². The molecule has 6 nitrogen and oxygen atoms in total. The van der Waals surface area contributed by atoms with Gasteiger partial charge in [0.1, 0.15) is 17.7 Å². The zero-order chi connectivity index (χ0) is 21.7. The Morgan fingerprint density at radius 3 is 2.50 bits per heavy atom. The average Bonchev–Trinajstić information content (AvgIpc) is 3.09. The zero-order valence-electron chi connectivity index (χ0n) is 17.8. The molecule has 30 heavy (non-hydrogen) atoms. The zero-order valence-corrected chi connectivity index (χ0v) is 18.6. The lowest BCUT2D eigenvalue weighted by atomic mass is 9.84. The molecule has 1 unspecified atom stereocenters. The number of rotatable bonds is 9. The third kappa shape index (κ3) is 5.53. The van der Waals surface area contributed by atoms with Gasteiger partial charge in [-0.3, -0.25) is 9.98 Å². The second kappa shape index (κ2) is 9.81. The van der Waals surface area contributed by atoms with Crippen LogP contribution in [0.25, 0.3) is 0 Å². The van der Waals surface area contributed by atoms with E-state index in [0.717, 1.165) is 26.7 Å². The maximum Gasteiger partial charge on any atom is 0.145 e. The van der Waals surface area contributed by atoms with Crippen molar-refractivity contribution < 1.29 is 20.1 Å². The smallest absolute Gasteiger partial charge is 0.145 e. The summed E-state index contributed by atoms with van der Waals surface area (Å²) in [6, 6.07) is 9.66. The number of aliphatic hydroxyl groups excluding tert-OH is 2. The van der Waals surface area contributed by atoms with Crippen molar-refractivity contribution in [3.05, 3.63) is 52.2 Å². The summed E-state index contributed by atoms with van der Waals surface area (Å²) in [6.07, 6.45) is 0.727. The van der Waals surface area contributed by atoms with E-state index in [1.165, 1.54) is 0 Å². The Morgan fingerprint density at radius 2 is 1.80 bits per heavy atom. The first kappa shape index (κ1) is 22.6. The van der Waals surface area contributed by atoms with E-state index in [1.54, 1.807) is 11.8 Å². The summed E-state index contributed by atoms with van der Waals surface area (Å²) in [4.78, 5) is 10.5. The van der Waals surface area contributed by atoms with Gasteiger partial charge in [-0.1, -0.05) is 20.8 Å². The first-order valence-electron chi connectivity index (χ1n) is 10.2. The van der Waals surface area contributed by atoms with Crippen molar-refractivity contribution >= 4 is 11.8 Å². The number of aliphatic hydroxyl groups is 2. The molecule has 7 heteroatoms. The highest BCUT2D eigenvalue weighted by atomic mass is 32.2. The average molecular weight is 431 g/mol. The van der Waals surface area contributed by atoms with Crippen molar-refractivity contribution in [3.63, 3.8) is 0 Å². The predicted octanol–water partition coefficient (Wildman–Crippen LogP) is 2.36. The van der Waals surface area contributed by atoms with Crippen molar-refractivity contribution in [2.45, 2.75) is 50.1 Å². The minimum absolute atomic E-state index is 0.0771. The molecule has 0 amide bonds. The molecule has 2 aromatic rings. The number of phenolic OH excluding ortho intramolecular Hbond substituents is 1. The third-order valence-corrected chi connectivity index (χ3v) is 5.80. The molecule has 0 saturated heterocycles. The Morgan fingerprint density at radius 1 is 1.03 bits per heavy atom. The van der Waals surface area contributed by atoms with Crippen LogP contribution in [0.15, 0.2) is 45.2 Å². The minimum atomic E-state index is -0.301. The van der Waals surface area contributed by atoms with Crippen LogP contribution in [0.3, 0.4) is 0 Å². The second-order valence-corrected chi connectivity index (χ2v) is 9.49. The monoisotopic (exact) mass is 430 g/mol. The van der Waals surface area contributed by atoms with E-state index < -0.39 is 0 Å². The number of ether oxygens (including phenoxy) is 1. The van der Waals surface area contributed by atoms with Crippen LogP contribution in [-0.4, -0.2) is 47.1 Å². The fraction of sp³-hybridized carbons (Fsp3) is 0.478. The molecule has 0 fully saturated rings. The number of phenols is 1. The van der Waals surface area contributed by atoms with Gasteiger partial charge >= 0.3 is 0 Å². The Hall–Kier alpha value is -2.09. The number of hydrogen-bond acceptors (Lipinski definition) is 7. The maximum atomic E-state index is 10.9. The van der Waals surface area contributed by atoms with Crippen LogP contribution in [-0.2, 0) is 11.8 Å². The Balaban J connectivity index is 1.87. The molecule has 3 rings (SSSR count). The molecule has 0 spiro atoms. The molecule has 0 aromatic heterocycles. The van der Waals surface area contributed by atoms with Gasteiger partial charge < -0.3 is 20.1 Å². The van der Waals surface area contributed by atoms with Crippen molar-refractivity contribution in [1.82, 2.24) is 0 Å². The third-order valence-electron chi connectivity index (χ3n) is 4.83. The number of benzene rings is 2. The lowest BCUT2D eigenvalue weighted by molar-refractivity contribution is 0.233. The number of fused-ring (bicyclic) bond motifs is 1. The normalized spacial score (nSPS) is 15.4. The quantitative estimate of drug-likeness (QED) is 0.419. The maximum absolute atomic E-state index is 10.9. The first-order chi connectivity index (χ1) is 14.3. The van der Waals surface area contributed by atoms with Crippen LogP contribution >= 0.6 is 11.8 Å². The number of thioether (sulfide) groups is 1. The standard InChI is InChI=1S/C23H30N2O4S/c1-23(2,3)18-13-16(29-9-4-7-26)11-15(22(18)28)12-21-24-19-6-5-17(30-10-8-27)14-20(19)25-21/h5-6,11,13-14,21,26-28H,4,7-10,12H2,1-3H3. The molecule has 0 aliphatic carbocycles. The van der Waals surface area contributed by atoms with E-state index in [2.05, 4.69) is 20.8 Å². The Bertz CT molecular complexity index is 1000. The molecule has 1 aliphatic rings. The summed E-state index contributed by atoms with van der Waals surface area (Å²) < 4.78 is 5.80. The van der Waals surface area contributed by atoms with Crippen LogP contribution < -0.4 is 15.5 Å². The fourth-order valence-corrected chi connectivity index (χ4v) is 4.02. The van der Waals surface area contributed by atoms with E-state index in [9.17, 15) is 5.11 Å². The fourth-order valence-electron chi connectivity index (χ4n) is 3.34. The van der Waals surface area contributed by atoms with E-state index in [-0.39, 0.29) is 30.5 Å². The molecule has 1 aliphatic heterocycles. The summed E-state index contributed by atoms with van der Waals surface area (Å²) >= 11 is 1.58. The highest BCUT2D eigenvalue weighted by Crippen LogP contribution is 2.37. The number of hydrogen-bond donors (Lipinski definition) is 3. The minimum Gasteiger partial charge on any atom is -0.507 e. The summed E-state index contributed by atoms with van der Waals surface area (Å²) in [5, 5.41) is 30.6. The molecular weight excluding hydrogens is 400 g/mol. The van der Waals surface area contributed by atoms with Crippen molar-refractivity contribution in [2.24, 2.45) is 9.98 Å². The molecule has 162 valence electrons. The van der Waals surface area contributed by atoms with Crippen LogP contribution in [0.1, 0.15) is 38.3 Å². The van der Waals surface area contributed by atoms with Gasteiger partial charge in [0.2, 0.25) is 0 Å². The second-order valence-electron chi connectivity index (χ2n) is 8.32. The van der Waals surface area contributed by atoms with Gasteiger partial charge in [0, 0.05) is 41.2 Å². The van der Waals surface area contributed by atoms with Gasteiger partial charge in [0.25, 0.3) is 0 Å². The SMILES string of the molecule is CC(C)(C)c1cc(OCCCO)cc(CC2N=c3ccc(SCCO)cc3=N2)c1O. The van der Waals surface area contributed by atoms with Crippen LogP contribution in [0.2, 0.25) is 0 Å². The summed E-state index contributed by atoms with van der Waals surface area (Å²) in [6.45, 7) is 6.78. The summed E-state index contributed by atoms with van der Waals surface area (Å²) in [5.74, 6) is 1.59. The molecule has 3 N–H and O–H groups in total. The van der Waals surface area contributed by atoms with E-state index in [1.807, 2.05) is 30.3 Å². The molecule has 0 bridgehead atoms. The molecule has 0 radical (unpaired) electrons. The Kier molecular flexibility index (Phi) is 7.39. The van der Waals surface area contributed by atoms with Gasteiger partial charge in [-0.2, -0.15) is 0 Å².